The van der Waals surface area contributed by atoms with Gasteiger partial charge in [-0.1, -0.05) is 37.6 Å². The summed E-state index contributed by atoms with van der Waals surface area (Å²) in [7, 11) is 1.64. The third kappa shape index (κ3) is 8.03. The minimum atomic E-state index is -2.42. The lowest BCUT2D eigenvalue weighted by atomic mass is 10.1. The van der Waals surface area contributed by atoms with E-state index in [0.717, 1.165) is 44.6 Å². The number of hydrogen-bond donors (Lipinski definition) is 3. The van der Waals surface area contributed by atoms with Crippen LogP contribution in [0.1, 0.15) is 45.6 Å². The highest BCUT2D eigenvalue weighted by Gasteiger charge is 2.56. The van der Waals surface area contributed by atoms with Gasteiger partial charge < -0.3 is 20.7 Å². The molecule has 0 amide bonds. The number of aromatic nitrogens is 2. The first kappa shape index (κ1) is 31.1. The molecule has 3 atom stereocenters. The van der Waals surface area contributed by atoms with Crippen LogP contribution in [0.2, 0.25) is 5.02 Å². The van der Waals surface area contributed by atoms with Gasteiger partial charge in [0.15, 0.2) is 11.6 Å². The molecule has 3 unspecified atom stereocenters. The number of alkyl halides is 2. The molecule has 1 aliphatic carbocycles. The van der Waals surface area contributed by atoms with Crippen LogP contribution in [0.3, 0.4) is 0 Å². The van der Waals surface area contributed by atoms with E-state index in [1.54, 1.807) is 31.3 Å². The molecule has 5 N–H and O–H groups in total. The second-order valence-corrected chi connectivity index (χ2v) is 10.5. The molecule has 3 fully saturated rings. The smallest absolute Gasteiger partial charge is 0.351 e. The predicted octanol–water partition coefficient (Wildman–Crippen LogP) is 3.58. The Morgan fingerprint density at radius 1 is 1.28 bits per heavy atom. The SMILES string of the molecule is CC.CC1CNCCN1c1nc(=O)n(C)c(N(N)CC2CCCO2)c1N.FC1(F)CC1Cc1ccc(Cl)cc1. The van der Waals surface area contributed by atoms with E-state index in [1.807, 2.05) is 13.8 Å². The number of rotatable bonds is 6. The van der Waals surface area contributed by atoms with Crippen molar-refractivity contribution in [2.45, 2.75) is 64.5 Å². The van der Waals surface area contributed by atoms with Gasteiger partial charge in [0.1, 0.15) is 5.69 Å². The summed E-state index contributed by atoms with van der Waals surface area (Å²) in [5.41, 5.74) is 7.39. The number of nitrogens with one attached hydrogen (secondary N) is 1. The maximum atomic E-state index is 12.5. The third-order valence-corrected chi connectivity index (χ3v) is 7.36. The first-order valence-electron chi connectivity index (χ1n) is 13.7. The standard InChI is InChI=1S/C15H27N7O2.C10H9ClF2.C2H6/c1-10-8-18-5-6-21(10)13-12(16)14(20(2)15(23)19-13)22(17)9-11-4-3-7-24-11;11-9-3-1-7(2-4-9)5-8-6-10(8,12)13;1-2/h10-11,18H,3-9,16-17H2,1-2H3;1-4,8H,5-6H2;1-2H3. The molecule has 0 bridgehead atoms. The van der Waals surface area contributed by atoms with Gasteiger partial charge in [-0.15, -0.1) is 0 Å². The molecule has 12 heteroatoms. The van der Waals surface area contributed by atoms with Gasteiger partial charge in [-0.3, -0.25) is 9.58 Å². The molecule has 1 saturated carbocycles. The molecule has 2 aromatic rings. The van der Waals surface area contributed by atoms with E-state index in [-0.39, 0.29) is 24.3 Å². The highest BCUT2D eigenvalue weighted by molar-refractivity contribution is 6.30. The minimum Gasteiger partial charge on any atom is -0.393 e. The van der Waals surface area contributed by atoms with Crippen LogP contribution in [0.5, 0.6) is 0 Å². The van der Waals surface area contributed by atoms with Crippen LogP contribution >= 0.6 is 11.6 Å². The number of piperazine rings is 1. The molecule has 39 heavy (non-hydrogen) atoms. The van der Waals surface area contributed by atoms with Crippen LogP contribution in [0.15, 0.2) is 29.1 Å². The zero-order chi connectivity index (χ0) is 28.7. The second-order valence-electron chi connectivity index (χ2n) is 10.0. The normalized spacial score (nSPS) is 23.3. The molecular weight excluding hydrogens is 528 g/mol. The van der Waals surface area contributed by atoms with E-state index in [9.17, 15) is 13.6 Å². The number of nitrogen functional groups attached to an aromatic ring is 1. The third-order valence-electron chi connectivity index (χ3n) is 7.11. The zero-order valence-corrected chi connectivity index (χ0v) is 24.1. The summed E-state index contributed by atoms with van der Waals surface area (Å²) in [6.07, 6.45) is 2.57. The van der Waals surface area contributed by atoms with E-state index < -0.39 is 11.8 Å². The number of anilines is 3. The molecule has 1 aromatic heterocycles. The maximum absolute atomic E-state index is 12.5. The van der Waals surface area contributed by atoms with Crippen LogP contribution in [0, 0.1) is 5.92 Å². The fourth-order valence-electron chi connectivity index (χ4n) is 4.81. The molecule has 2 saturated heterocycles. The first-order chi connectivity index (χ1) is 18.6. The van der Waals surface area contributed by atoms with E-state index in [4.69, 9.17) is 27.9 Å². The lowest BCUT2D eigenvalue weighted by molar-refractivity contribution is 0.0989. The zero-order valence-electron chi connectivity index (χ0n) is 23.3. The van der Waals surface area contributed by atoms with Gasteiger partial charge in [0, 0.05) is 56.7 Å². The van der Waals surface area contributed by atoms with Crippen molar-refractivity contribution in [3.05, 3.63) is 45.3 Å². The Balaban J connectivity index is 0.000000236. The largest absolute Gasteiger partial charge is 0.393 e. The first-order valence-corrected chi connectivity index (χ1v) is 14.0. The fraction of sp³-hybridized carbons (Fsp3) is 0.630. The number of nitrogens with two attached hydrogens (primary N) is 2. The number of nitrogens with zero attached hydrogens (tertiary/aromatic N) is 4. The summed E-state index contributed by atoms with van der Waals surface area (Å²) in [4.78, 5) is 18.6. The molecular formula is C27H42ClF2N7O2. The van der Waals surface area contributed by atoms with Gasteiger partial charge >= 0.3 is 5.69 Å². The number of ether oxygens (including phenoxy) is 1. The van der Waals surface area contributed by atoms with Crippen LogP contribution in [-0.2, 0) is 18.2 Å². The topological polar surface area (TPSA) is 115 Å². The van der Waals surface area contributed by atoms with Crippen LogP contribution in [-0.4, -0.2) is 60.4 Å². The molecule has 0 radical (unpaired) electrons. The quantitative estimate of drug-likeness (QED) is 0.357. The van der Waals surface area contributed by atoms with Crippen molar-refractivity contribution in [1.82, 2.24) is 14.9 Å². The molecule has 218 valence electrons. The fourth-order valence-corrected chi connectivity index (χ4v) is 4.94. The van der Waals surface area contributed by atoms with Gasteiger partial charge in [-0.2, -0.15) is 4.98 Å². The van der Waals surface area contributed by atoms with Crippen LogP contribution in [0.25, 0.3) is 0 Å². The van der Waals surface area contributed by atoms with E-state index in [2.05, 4.69) is 22.1 Å². The average molecular weight is 570 g/mol. The number of halogens is 3. The molecule has 3 aliphatic rings. The van der Waals surface area contributed by atoms with Gasteiger partial charge in [-0.25, -0.2) is 19.4 Å². The summed E-state index contributed by atoms with van der Waals surface area (Å²) in [6, 6.07) is 7.28. The van der Waals surface area contributed by atoms with Crippen molar-refractivity contribution in [3.63, 3.8) is 0 Å². The molecule has 9 nitrogen and oxygen atoms in total. The Morgan fingerprint density at radius 3 is 2.51 bits per heavy atom. The van der Waals surface area contributed by atoms with E-state index >= 15 is 0 Å². The molecule has 5 rings (SSSR count). The second kappa shape index (κ2) is 13.7. The van der Waals surface area contributed by atoms with Gasteiger partial charge in [-0.05, 0) is 43.9 Å². The Bertz CT molecular complexity index is 1130. The molecule has 3 heterocycles. The van der Waals surface area contributed by atoms with Crippen molar-refractivity contribution in [2.75, 3.05) is 48.4 Å². The Labute approximate surface area is 234 Å². The number of benzene rings is 1. The van der Waals surface area contributed by atoms with Gasteiger partial charge in [0.05, 0.1) is 12.6 Å². The van der Waals surface area contributed by atoms with Gasteiger partial charge in [0.2, 0.25) is 0 Å². The Morgan fingerprint density at radius 2 is 1.95 bits per heavy atom. The van der Waals surface area contributed by atoms with Crippen molar-refractivity contribution in [1.29, 1.82) is 0 Å². The summed E-state index contributed by atoms with van der Waals surface area (Å²) in [6.45, 7) is 9.75. The molecule has 1 aromatic carbocycles. The minimum absolute atomic E-state index is 0.0373. The number of hydrogen-bond acceptors (Lipinski definition) is 8. The Hall–Kier alpha value is -2.47. The summed E-state index contributed by atoms with van der Waals surface area (Å²) >= 11 is 5.67. The lowest BCUT2D eigenvalue weighted by Gasteiger charge is -2.36. The van der Waals surface area contributed by atoms with E-state index in [1.165, 1.54) is 9.58 Å². The van der Waals surface area contributed by atoms with Crippen molar-refractivity contribution in [2.24, 2.45) is 18.8 Å². The predicted molar refractivity (Wildman–Crippen MR) is 154 cm³/mol. The highest BCUT2D eigenvalue weighted by atomic mass is 35.5. The van der Waals surface area contributed by atoms with Crippen LogP contribution < -0.4 is 32.5 Å². The molecule has 0 spiro atoms. The summed E-state index contributed by atoms with van der Waals surface area (Å²) in [5, 5.41) is 5.48. The Kier molecular flexibility index (Phi) is 10.9. The summed E-state index contributed by atoms with van der Waals surface area (Å²) in [5.74, 6) is 4.38. The monoisotopic (exact) mass is 569 g/mol. The summed E-state index contributed by atoms with van der Waals surface area (Å²) < 4.78 is 32.1. The van der Waals surface area contributed by atoms with Crippen molar-refractivity contribution in [3.8, 4) is 0 Å². The number of hydrazine groups is 1. The van der Waals surface area contributed by atoms with Gasteiger partial charge in [0.25, 0.3) is 5.92 Å². The lowest BCUT2D eigenvalue weighted by Crippen LogP contribution is -2.51. The highest BCUT2D eigenvalue weighted by Crippen LogP contribution is 2.50. The molecule has 2 aliphatic heterocycles. The average Bonchev–Trinajstić information content (AvgIpc) is 3.25. The van der Waals surface area contributed by atoms with Crippen LogP contribution in [0.4, 0.5) is 26.1 Å². The van der Waals surface area contributed by atoms with Crippen molar-refractivity contribution < 1.29 is 13.5 Å². The van der Waals surface area contributed by atoms with E-state index in [0.29, 0.717) is 35.3 Å². The van der Waals surface area contributed by atoms with Crippen molar-refractivity contribution >= 4 is 28.9 Å². The maximum Gasteiger partial charge on any atom is 0.351 e.